The highest BCUT2D eigenvalue weighted by Crippen LogP contribution is 2.21. The van der Waals surface area contributed by atoms with Crippen molar-refractivity contribution in [1.82, 2.24) is 0 Å². The van der Waals surface area contributed by atoms with Crippen LogP contribution >= 0.6 is 0 Å². The highest BCUT2D eigenvalue weighted by atomic mass is 16.5. The van der Waals surface area contributed by atoms with Crippen LogP contribution in [0.2, 0.25) is 0 Å². The number of methoxy groups -OCH3 is 2. The molecule has 1 rings (SSSR count). The summed E-state index contributed by atoms with van der Waals surface area (Å²) in [6.45, 7) is 4.42. The van der Waals surface area contributed by atoms with Gasteiger partial charge in [-0.1, -0.05) is 0 Å². The molecule has 0 saturated carbocycles. The van der Waals surface area contributed by atoms with E-state index in [-0.39, 0.29) is 5.78 Å². The Morgan fingerprint density at radius 3 is 2.48 bits per heavy atom. The van der Waals surface area contributed by atoms with Crippen LogP contribution in [0.3, 0.4) is 0 Å². The summed E-state index contributed by atoms with van der Waals surface area (Å²) in [5.41, 5.74) is 1.54. The van der Waals surface area contributed by atoms with Crippen molar-refractivity contribution in [3.05, 3.63) is 29.3 Å². The van der Waals surface area contributed by atoms with Crippen molar-refractivity contribution in [2.24, 2.45) is 0 Å². The molecular formula is C16H24O5. The third-order valence-electron chi connectivity index (χ3n) is 2.95. The minimum atomic E-state index is 0.0328. The minimum Gasteiger partial charge on any atom is -0.496 e. The van der Waals surface area contributed by atoms with Gasteiger partial charge in [0.25, 0.3) is 0 Å². The van der Waals surface area contributed by atoms with E-state index in [9.17, 15) is 4.79 Å². The first-order valence-electron chi connectivity index (χ1n) is 7.01. The summed E-state index contributed by atoms with van der Waals surface area (Å²) in [6.07, 6.45) is 0.818. The van der Waals surface area contributed by atoms with Gasteiger partial charge in [0.1, 0.15) is 5.75 Å². The Labute approximate surface area is 126 Å². The van der Waals surface area contributed by atoms with Crippen LogP contribution in [0.5, 0.6) is 5.75 Å². The van der Waals surface area contributed by atoms with Crippen molar-refractivity contribution < 1.29 is 23.7 Å². The molecule has 0 aliphatic carbocycles. The summed E-state index contributed by atoms with van der Waals surface area (Å²) in [5.74, 6) is 0.766. The second-order valence-corrected chi connectivity index (χ2v) is 4.59. The van der Waals surface area contributed by atoms with Crippen LogP contribution in [0, 0.1) is 0 Å². The van der Waals surface area contributed by atoms with Gasteiger partial charge in [0.15, 0.2) is 5.78 Å². The largest absolute Gasteiger partial charge is 0.496 e. The lowest BCUT2D eigenvalue weighted by molar-refractivity contribution is 0.0480. The predicted octanol–water partition coefficient (Wildman–Crippen LogP) is 2.47. The van der Waals surface area contributed by atoms with Gasteiger partial charge in [0.05, 0.1) is 26.9 Å². The molecule has 0 spiro atoms. The van der Waals surface area contributed by atoms with Crippen LogP contribution in [0.4, 0.5) is 0 Å². The molecule has 118 valence electrons. The van der Waals surface area contributed by atoms with E-state index in [1.165, 1.54) is 0 Å². The van der Waals surface area contributed by atoms with E-state index in [1.807, 2.05) is 6.07 Å². The van der Waals surface area contributed by atoms with E-state index in [1.54, 1.807) is 33.3 Å². The minimum absolute atomic E-state index is 0.0328. The standard InChI is InChI=1S/C16H24O5/c1-13(17)14-5-6-16(19-3)15(11-14)12-21-8-4-7-20-10-9-18-2/h5-6,11H,4,7-10,12H2,1-3H3. The molecule has 0 bridgehead atoms. The van der Waals surface area contributed by atoms with E-state index < -0.39 is 0 Å². The summed E-state index contributed by atoms with van der Waals surface area (Å²) in [5, 5.41) is 0. The van der Waals surface area contributed by atoms with Crippen molar-refractivity contribution in [2.45, 2.75) is 20.0 Å². The molecule has 0 aliphatic rings. The molecule has 0 atom stereocenters. The van der Waals surface area contributed by atoms with Crippen LogP contribution < -0.4 is 4.74 Å². The summed E-state index contributed by atoms with van der Waals surface area (Å²) < 4.78 is 21.1. The first kappa shape index (κ1) is 17.6. The van der Waals surface area contributed by atoms with Crippen LogP contribution in [0.15, 0.2) is 18.2 Å². The van der Waals surface area contributed by atoms with E-state index in [0.717, 1.165) is 17.7 Å². The average molecular weight is 296 g/mol. The smallest absolute Gasteiger partial charge is 0.159 e. The normalized spacial score (nSPS) is 10.6. The van der Waals surface area contributed by atoms with Crippen molar-refractivity contribution in [2.75, 3.05) is 40.6 Å². The van der Waals surface area contributed by atoms with E-state index in [4.69, 9.17) is 18.9 Å². The maximum absolute atomic E-state index is 11.4. The van der Waals surface area contributed by atoms with Crippen LogP contribution in [-0.2, 0) is 20.8 Å². The average Bonchev–Trinajstić information content (AvgIpc) is 2.49. The zero-order valence-electron chi connectivity index (χ0n) is 13.0. The molecule has 0 unspecified atom stereocenters. The predicted molar refractivity (Wildman–Crippen MR) is 80.0 cm³/mol. The van der Waals surface area contributed by atoms with Crippen molar-refractivity contribution >= 4 is 5.78 Å². The van der Waals surface area contributed by atoms with Gasteiger partial charge in [-0.15, -0.1) is 0 Å². The summed E-state index contributed by atoms with van der Waals surface area (Å²) in [6, 6.07) is 5.37. The number of hydrogen-bond acceptors (Lipinski definition) is 5. The van der Waals surface area contributed by atoms with Gasteiger partial charge in [-0.05, 0) is 31.5 Å². The number of ether oxygens (including phenoxy) is 4. The third kappa shape index (κ3) is 6.71. The van der Waals surface area contributed by atoms with E-state index >= 15 is 0 Å². The molecule has 0 saturated heterocycles. The van der Waals surface area contributed by atoms with Gasteiger partial charge >= 0.3 is 0 Å². The Hall–Kier alpha value is -1.43. The number of carbonyl (C=O) groups is 1. The molecule has 0 fully saturated rings. The molecule has 21 heavy (non-hydrogen) atoms. The molecule has 0 amide bonds. The fraction of sp³-hybridized carbons (Fsp3) is 0.562. The summed E-state index contributed by atoms with van der Waals surface area (Å²) in [4.78, 5) is 11.4. The lowest BCUT2D eigenvalue weighted by atomic mass is 10.1. The first-order valence-corrected chi connectivity index (χ1v) is 7.01. The highest BCUT2D eigenvalue weighted by molar-refractivity contribution is 5.94. The van der Waals surface area contributed by atoms with Crippen molar-refractivity contribution in [1.29, 1.82) is 0 Å². The Morgan fingerprint density at radius 1 is 1.05 bits per heavy atom. The molecule has 0 aromatic heterocycles. The molecule has 0 heterocycles. The SMILES string of the molecule is COCCOCCCOCc1cc(C(C)=O)ccc1OC. The van der Waals surface area contributed by atoms with Gasteiger partial charge in [-0.3, -0.25) is 4.79 Å². The molecule has 1 aromatic carbocycles. The van der Waals surface area contributed by atoms with Gasteiger partial charge in [0, 0.05) is 31.5 Å². The number of benzene rings is 1. The van der Waals surface area contributed by atoms with Gasteiger partial charge in [0.2, 0.25) is 0 Å². The van der Waals surface area contributed by atoms with E-state index in [2.05, 4.69) is 0 Å². The monoisotopic (exact) mass is 296 g/mol. The fourth-order valence-corrected chi connectivity index (χ4v) is 1.80. The molecule has 0 radical (unpaired) electrons. The Balaban J connectivity index is 2.33. The van der Waals surface area contributed by atoms with Gasteiger partial charge < -0.3 is 18.9 Å². The molecule has 0 aliphatic heterocycles. The van der Waals surface area contributed by atoms with Gasteiger partial charge in [-0.25, -0.2) is 0 Å². The Bertz CT molecular complexity index is 431. The van der Waals surface area contributed by atoms with Crippen LogP contribution in [-0.4, -0.2) is 46.4 Å². The number of Topliss-reactive ketones (excluding diaryl/α,β-unsaturated/α-hetero) is 1. The second-order valence-electron chi connectivity index (χ2n) is 4.59. The zero-order chi connectivity index (χ0) is 15.5. The maximum atomic E-state index is 11.4. The van der Waals surface area contributed by atoms with Crippen molar-refractivity contribution in [3.63, 3.8) is 0 Å². The first-order chi connectivity index (χ1) is 10.2. The van der Waals surface area contributed by atoms with Crippen molar-refractivity contribution in [3.8, 4) is 5.75 Å². The number of ketones is 1. The molecule has 5 heteroatoms. The lowest BCUT2D eigenvalue weighted by Crippen LogP contribution is -2.06. The third-order valence-corrected chi connectivity index (χ3v) is 2.95. The number of hydrogen-bond donors (Lipinski definition) is 0. The van der Waals surface area contributed by atoms with Crippen LogP contribution in [0.1, 0.15) is 29.3 Å². The fourth-order valence-electron chi connectivity index (χ4n) is 1.80. The Morgan fingerprint density at radius 2 is 1.81 bits per heavy atom. The summed E-state index contributed by atoms with van der Waals surface area (Å²) in [7, 11) is 3.25. The molecular weight excluding hydrogens is 272 g/mol. The molecule has 0 N–H and O–H groups in total. The molecule has 1 aromatic rings. The number of carbonyl (C=O) groups excluding carboxylic acids is 1. The zero-order valence-corrected chi connectivity index (χ0v) is 13.0. The number of rotatable bonds is 11. The quantitative estimate of drug-likeness (QED) is 0.464. The van der Waals surface area contributed by atoms with Gasteiger partial charge in [-0.2, -0.15) is 0 Å². The Kier molecular flexibility index (Phi) is 8.66. The van der Waals surface area contributed by atoms with Crippen LogP contribution in [0.25, 0.3) is 0 Å². The lowest BCUT2D eigenvalue weighted by Gasteiger charge is -2.10. The second kappa shape index (κ2) is 10.3. The molecule has 5 nitrogen and oxygen atoms in total. The summed E-state index contributed by atoms with van der Waals surface area (Å²) >= 11 is 0. The maximum Gasteiger partial charge on any atom is 0.159 e. The van der Waals surface area contributed by atoms with E-state index in [0.29, 0.717) is 38.6 Å². The highest BCUT2D eigenvalue weighted by Gasteiger charge is 2.07. The topological polar surface area (TPSA) is 54.0 Å².